The van der Waals surface area contributed by atoms with Crippen molar-refractivity contribution in [1.82, 2.24) is 9.80 Å². The van der Waals surface area contributed by atoms with E-state index in [9.17, 15) is 22.8 Å². The number of benzene rings is 4. The molecule has 4 heterocycles. The van der Waals surface area contributed by atoms with E-state index < -0.39 is 23.0 Å². The molecule has 58 heavy (non-hydrogen) atoms. The molecule has 9 nitrogen and oxygen atoms in total. The lowest BCUT2D eigenvalue weighted by molar-refractivity contribution is -0.137. The van der Waals surface area contributed by atoms with E-state index in [0.717, 1.165) is 65.6 Å². The van der Waals surface area contributed by atoms with Gasteiger partial charge in [0.2, 0.25) is 0 Å². The largest absolute Gasteiger partial charge is 0.485 e. The number of hydrogen-bond donors (Lipinski definition) is 1. The fourth-order valence-electron chi connectivity index (χ4n) is 7.21. The van der Waals surface area contributed by atoms with Gasteiger partial charge in [-0.25, -0.2) is 9.59 Å². The molecular weight excluding hydrogens is 814 g/mol. The second-order valence-corrected chi connectivity index (χ2v) is 15.7. The molecule has 0 spiro atoms. The van der Waals surface area contributed by atoms with Gasteiger partial charge < -0.3 is 28.8 Å². The highest BCUT2D eigenvalue weighted by molar-refractivity contribution is 7.99. The molecule has 0 saturated carbocycles. The van der Waals surface area contributed by atoms with Crippen molar-refractivity contribution >= 4 is 64.9 Å². The van der Waals surface area contributed by atoms with Crippen LogP contribution in [0, 0.1) is 0 Å². The van der Waals surface area contributed by atoms with Crippen LogP contribution >= 0.6 is 36.6 Å². The Morgan fingerprint density at radius 3 is 2.21 bits per heavy atom. The maximum atomic E-state index is 13.3. The van der Waals surface area contributed by atoms with Crippen LogP contribution < -0.4 is 15.3 Å². The van der Waals surface area contributed by atoms with Gasteiger partial charge >= 0.3 is 17.8 Å². The zero-order valence-corrected chi connectivity index (χ0v) is 34.5. The van der Waals surface area contributed by atoms with Gasteiger partial charge in [-0.3, -0.25) is 4.90 Å². The molecule has 1 N–H and O–H groups in total. The number of anilines is 2. The first-order valence-electron chi connectivity index (χ1n) is 18.7. The highest BCUT2D eigenvalue weighted by atomic mass is 35.5. The molecule has 3 aliphatic heterocycles. The monoisotopic (exact) mass is 859 g/mol. The van der Waals surface area contributed by atoms with Crippen molar-refractivity contribution in [2.24, 2.45) is 0 Å². The van der Waals surface area contributed by atoms with Gasteiger partial charge in [0, 0.05) is 73.0 Å². The highest BCUT2D eigenvalue weighted by Crippen LogP contribution is 2.49. The van der Waals surface area contributed by atoms with Crippen molar-refractivity contribution in [1.29, 1.82) is 0 Å². The van der Waals surface area contributed by atoms with Gasteiger partial charge in [-0.1, -0.05) is 42.1 Å². The van der Waals surface area contributed by atoms with E-state index in [0.29, 0.717) is 42.1 Å². The van der Waals surface area contributed by atoms with E-state index >= 15 is 0 Å². The minimum atomic E-state index is -4.35. The maximum absolute atomic E-state index is 13.3. The number of para-hydroxylation sites is 1. The Morgan fingerprint density at radius 1 is 0.828 bits per heavy atom. The molecular formula is C43H46Cl2F3N3O6S. The smallest absolute Gasteiger partial charge is 0.416 e. The van der Waals surface area contributed by atoms with E-state index in [1.165, 1.54) is 30.0 Å². The van der Waals surface area contributed by atoms with Crippen molar-refractivity contribution in [3.8, 4) is 5.75 Å². The van der Waals surface area contributed by atoms with Crippen LogP contribution in [-0.2, 0) is 17.3 Å². The number of alkyl halides is 3. The van der Waals surface area contributed by atoms with Gasteiger partial charge in [-0.2, -0.15) is 13.2 Å². The summed E-state index contributed by atoms with van der Waals surface area (Å²) in [5, 5.41) is 9.91. The van der Waals surface area contributed by atoms with Crippen molar-refractivity contribution in [3.05, 3.63) is 124 Å². The van der Waals surface area contributed by atoms with Crippen LogP contribution in [0.4, 0.5) is 24.5 Å². The molecule has 1 unspecified atom stereocenters. The molecule has 3 aliphatic rings. The summed E-state index contributed by atoms with van der Waals surface area (Å²) in [4.78, 5) is 32.4. The summed E-state index contributed by atoms with van der Waals surface area (Å²) in [7, 11) is 0. The van der Waals surface area contributed by atoms with E-state index in [1.807, 2.05) is 55.1 Å². The average Bonchev–Trinajstić information content (AvgIpc) is 3.61. The van der Waals surface area contributed by atoms with Gasteiger partial charge in [0.25, 0.3) is 0 Å². The summed E-state index contributed by atoms with van der Waals surface area (Å²) in [6, 6.07) is 27.6. The Balaban J connectivity index is 0.000000215. The Bertz CT molecular complexity index is 2240. The Hall–Kier alpha value is -4.24. The molecule has 0 radical (unpaired) electrons. The number of esters is 1. The second kappa shape index (κ2) is 19.2. The quantitative estimate of drug-likeness (QED) is 0.114. The summed E-state index contributed by atoms with van der Waals surface area (Å²) in [5.74, 6) is 0.270. The fraction of sp³-hybridized carbons (Fsp3) is 0.349. The van der Waals surface area contributed by atoms with Crippen molar-refractivity contribution in [2.75, 3.05) is 57.3 Å². The standard InChI is InChI=1S/C22H26F3N3OS.C21H18O5.2ClH/c23-22(24,25)17-6-7-21-19(16-17)28(18-4-1-2-5-20(18)30-21)9-3-8-26-10-12-27(13-11-26)14-15-29;1-21(2,26-20(23)13-6-4-3-5-7-13)18-11-15-10-14-8-9-19(22)25-16(14)12-17(15)24-18;;/h1-2,4-7,16,29H,3,8-15H2;3-10,12,18H,11H2,1-2H3;2*1H. The van der Waals surface area contributed by atoms with Crippen LogP contribution in [0.5, 0.6) is 5.75 Å². The minimum Gasteiger partial charge on any atom is -0.485 e. The third-order valence-corrected chi connectivity index (χ3v) is 11.4. The predicted octanol–water partition coefficient (Wildman–Crippen LogP) is 8.88. The number of piperazine rings is 1. The zero-order chi connectivity index (χ0) is 39.5. The Labute approximate surface area is 351 Å². The van der Waals surface area contributed by atoms with Crippen LogP contribution in [-0.4, -0.2) is 85.0 Å². The molecule has 0 bridgehead atoms. The van der Waals surface area contributed by atoms with E-state index in [1.54, 1.807) is 42.5 Å². The van der Waals surface area contributed by atoms with Crippen molar-refractivity contribution in [3.63, 3.8) is 0 Å². The number of carbonyl (C=O) groups excluding carboxylic acids is 1. The first-order valence-corrected chi connectivity index (χ1v) is 19.5. The Kier molecular flexibility index (Phi) is 14.9. The summed E-state index contributed by atoms with van der Waals surface area (Å²) in [5.41, 5.74) is 1.78. The number of nitrogens with zero attached hydrogens (tertiary/aromatic N) is 3. The number of fused-ring (bicyclic) bond motifs is 4. The predicted molar refractivity (Wildman–Crippen MR) is 225 cm³/mol. The minimum absolute atomic E-state index is 0. The van der Waals surface area contributed by atoms with Crippen LogP contribution in [0.2, 0.25) is 0 Å². The van der Waals surface area contributed by atoms with Gasteiger partial charge in [-0.15, -0.1) is 24.8 Å². The number of aliphatic hydroxyl groups excluding tert-OH is 1. The zero-order valence-electron chi connectivity index (χ0n) is 32.1. The molecule has 310 valence electrons. The number of rotatable bonds is 9. The van der Waals surface area contributed by atoms with Crippen LogP contribution in [0.15, 0.2) is 116 Å². The van der Waals surface area contributed by atoms with Gasteiger partial charge in [0.15, 0.2) is 0 Å². The van der Waals surface area contributed by atoms with E-state index in [-0.39, 0.29) is 43.5 Å². The summed E-state index contributed by atoms with van der Waals surface area (Å²) in [6.07, 6.45) is -3.20. The number of β-amino-alcohol motifs (C(OH)–C–C–N with tert-alkyl or cyclic N) is 1. The van der Waals surface area contributed by atoms with E-state index in [4.69, 9.17) is 19.0 Å². The van der Waals surface area contributed by atoms with E-state index in [2.05, 4.69) is 9.80 Å². The molecule has 5 aromatic rings. The molecule has 0 amide bonds. The molecule has 1 atom stereocenters. The summed E-state index contributed by atoms with van der Waals surface area (Å²) >= 11 is 1.53. The third kappa shape index (κ3) is 10.5. The van der Waals surface area contributed by atoms with Gasteiger partial charge in [-0.05, 0) is 87.0 Å². The summed E-state index contributed by atoms with van der Waals surface area (Å²) in [6.45, 7) is 9.97. The lowest BCUT2D eigenvalue weighted by atomic mass is 9.96. The molecule has 8 rings (SSSR count). The number of ether oxygens (including phenoxy) is 2. The number of aliphatic hydroxyl groups is 1. The topological polar surface area (TPSA) is 95.7 Å². The number of carbonyl (C=O) groups is 1. The van der Waals surface area contributed by atoms with Crippen molar-refractivity contribution in [2.45, 2.75) is 54.4 Å². The fourth-order valence-corrected chi connectivity index (χ4v) is 8.29. The lowest BCUT2D eigenvalue weighted by Gasteiger charge is -2.36. The SMILES string of the molecule is CC(C)(OC(=O)c1ccccc1)C1Cc2cc3ccc(=O)oc3cc2O1.Cl.Cl.OCCN1CCN(CCCN2c3ccccc3Sc3ccc(C(F)(F)F)cc32)CC1. The third-order valence-electron chi connectivity index (χ3n) is 10.3. The molecule has 1 aromatic heterocycles. The average molecular weight is 861 g/mol. The van der Waals surface area contributed by atoms with Crippen molar-refractivity contribution < 1.29 is 37.0 Å². The lowest BCUT2D eigenvalue weighted by Crippen LogP contribution is -2.47. The van der Waals surface area contributed by atoms with Crippen LogP contribution in [0.1, 0.15) is 41.8 Å². The van der Waals surface area contributed by atoms with Gasteiger partial charge in [0.05, 0.1) is 29.1 Å². The number of hydrogen-bond acceptors (Lipinski definition) is 10. The second-order valence-electron chi connectivity index (χ2n) is 14.6. The molecule has 4 aromatic carbocycles. The van der Waals surface area contributed by atoms with Crippen LogP contribution in [0.3, 0.4) is 0 Å². The normalized spacial score (nSPS) is 16.4. The summed E-state index contributed by atoms with van der Waals surface area (Å²) < 4.78 is 56.9. The Morgan fingerprint density at radius 2 is 1.50 bits per heavy atom. The molecule has 15 heteroatoms. The first kappa shape index (κ1) is 44.9. The maximum Gasteiger partial charge on any atom is 0.416 e. The molecule has 0 aliphatic carbocycles. The number of halogens is 5. The first-order chi connectivity index (χ1) is 26.9. The van der Waals surface area contributed by atoms with Crippen LogP contribution in [0.25, 0.3) is 11.0 Å². The molecule has 1 fully saturated rings. The highest BCUT2D eigenvalue weighted by Gasteiger charge is 2.40. The van der Waals surface area contributed by atoms with Gasteiger partial charge in [0.1, 0.15) is 23.0 Å². The molecule has 1 saturated heterocycles.